The third-order valence-corrected chi connectivity index (χ3v) is 2.76. The molecule has 0 fully saturated rings. The molecule has 0 atom stereocenters. The molecule has 0 spiro atoms. The van der Waals surface area contributed by atoms with Gasteiger partial charge in [0.05, 0.1) is 5.52 Å². The largest absolute Gasteiger partial charge is 0.345 e. The Morgan fingerprint density at radius 1 is 1.47 bits per heavy atom. The quantitative estimate of drug-likeness (QED) is 0.847. The lowest BCUT2D eigenvalue weighted by Gasteiger charge is -2.03. The van der Waals surface area contributed by atoms with Crippen molar-refractivity contribution in [1.29, 1.82) is 0 Å². The minimum absolute atomic E-state index is 0.284. The summed E-state index contributed by atoms with van der Waals surface area (Å²) in [4.78, 5) is 17.8. The highest BCUT2D eigenvalue weighted by Gasteiger charge is 2.01. The van der Waals surface area contributed by atoms with Crippen LogP contribution in [-0.2, 0) is 6.42 Å². The fourth-order valence-corrected chi connectivity index (χ4v) is 2.07. The van der Waals surface area contributed by atoms with Crippen LogP contribution >= 0.6 is 15.9 Å². The summed E-state index contributed by atoms with van der Waals surface area (Å²) in [6.07, 6.45) is 0.981. The van der Waals surface area contributed by atoms with Crippen LogP contribution in [0, 0.1) is 6.92 Å². The van der Waals surface area contributed by atoms with E-state index in [1.165, 1.54) is 5.56 Å². The van der Waals surface area contributed by atoms with Gasteiger partial charge in [-0.05, 0) is 31.0 Å². The first kappa shape index (κ1) is 10.4. The highest BCUT2D eigenvalue weighted by Crippen LogP contribution is 2.15. The number of alkyl halides is 1. The van der Waals surface area contributed by atoms with Crippen LogP contribution in [0.25, 0.3) is 10.9 Å². The maximum absolute atomic E-state index is 11.1. The van der Waals surface area contributed by atoms with Gasteiger partial charge < -0.3 is 4.98 Å². The van der Waals surface area contributed by atoms with Gasteiger partial charge in [-0.3, -0.25) is 0 Å². The second-order valence-electron chi connectivity index (χ2n) is 3.46. The number of aromatic amines is 1. The number of nitrogens with one attached hydrogen (secondary N) is 1. The molecule has 0 aliphatic carbocycles. The number of benzene rings is 1. The molecule has 0 saturated heterocycles. The van der Waals surface area contributed by atoms with E-state index >= 15 is 0 Å². The monoisotopic (exact) mass is 266 g/mol. The first-order valence-corrected chi connectivity index (χ1v) is 5.88. The van der Waals surface area contributed by atoms with Crippen LogP contribution in [0.3, 0.4) is 0 Å². The summed E-state index contributed by atoms with van der Waals surface area (Å²) < 4.78 is 0. The molecule has 78 valence electrons. The molecule has 0 radical (unpaired) electrons. The number of halogens is 1. The van der Waals surface area contributed by atoms with E-state index in [0.29, 0.717) is 0 Å². The van der Waals surface area contributed by atoms with E-state index < -0.39 is 0 Å². The maximum Gasteiger partial charge on any atom is 0.345 e. The lowest BCUT2D eigenvalue weighted by atomic mass is 10.1. The Kier molecular flexibility index (Phi) is 2.86. The summed E-state index contributed by atoms with van der Waals surface area (Å²) in [5, 5.41) is 1.96. The van der Waals surface area contributed by atoms with Gasteiger partial charge in [-0.25, -0.2) is 4.79 Å². The highest BCUT2D eigenvalue weighted by atomic mass is 79.9. The van der Waals surface area contributed by atoms with E-state index in [0.717, 1.165) is 28.3 Å². The molecule has 3 nitrogen and oxygen atoms in total. The number of hydrogen-bond donors (Lipinski definition) is 1. The molecule has 4 heteroatoms. The molecular weight excluding hydrogens is 256 g/mol. The van der Waals surface area contributed by atoms with Crippen LogP contribution in [0.15, 0.2) is 23.0 Å². The van der Waals surface area contributed by atoms with Gasteiger partial charge >= 0.3 is 5.69 Å². The minimum atomic E-state index is -0.284. The van der Waals surface area contributed by atoms with Crippen LogP contribution in [0.5, 0.6) is 0 Å². The molecule has 0 unspecified atom stereocenters. The predicted molar refractivity (Wildman–Crippen MR) is 64.6 cm³/mol. The number of aryl methyl sites for hydroxylation is 2. The van der Waals surface area contributed by atoms with Crippen LogP contribution in [0.2, 0.25) is 0 Å². The topological polar surface area (TPSA) is 45.8 Å². The summed E-state index contributed by atoms with van der Waals surface area (Å²) in [6.45, 7) is 1.89. The van der Waals surface area contributed by atoms with Crippen LogP contribution in [0.4, 0.5) is 0 Å². The van der Waals surface area contributed by atoms with Gasteiger partial charge in [-0.2, -0.15) is 4.98 Å². The second kappa shape index (κ2) is 4.14. The summed E-state index contributed by atoms with van der Waals surface area (Å²) >= 11 is 3.41. The molecule has 1 N–H and O–H groups in total. The van der Waals surface area contributed by atoms with Crippen molar-refractivity contribution in [1.82, 2.24) is 9.97 Å². The Morgan fingerprint density at radius 2 is 2.27 bits per heavy atom. The van der Waals surface area contributed by atoms with Crippen molar-refractivity contribution in [2.45, 2.75) is 13.3 Å². The molecule has 1 aromatic carbocycles. The van der Waals surface area contributed by atoms with Crippen LogP contribution in [-0.4, -0.2) is 15.3 Å². The molecule has 2 aromatic rings. The van der Waals surface area contributed by atoms with Gasteiger partial charge in [-0.1, -0.05) is 22.0 Å². The van der Waals surface area contributed by atoms with E-state index in [4.69, 9.17) is 0 Å². The van der Waals surface area contributed by atoms with Crippen molar-refractivity contribution in [3.8, 4) is 0 Å². The fraction of sp³-hybridized carbons (Fsp3) is 0.273. The third-order valence-electron chi connectivity index (χ3n) is 2.36. The number of hydrogen-bond acceptors (Lipinski definition) is 2. The number of rotatable bonds is 2. The molecule has 1 heterocycles. The van der Waals surface area contributed by atoms with Gasteiger partial charge in [-0.15, -0.1) is 0 Å². The Hall–Kier alpha value is -1.16. The summed E-state index contributed by atoms with van der Waals surface area (Å²) in [7, 11) is 0. The summed E-state index contributed by atoms with van der Waals surface area (Å²) in [5.41, 5.74) is 2.60. The van der Waals surface area contributed by atoms with Gasteiger partial charge in [0.25, 0.3) is 0 Å². The predicted octanol–water partition coefficient (Wildman–Crippen LogP) is 2.17. The summed E-state index contributed by atoms with van der Waals surface area (Å²) in [6, 6.07) is 5.99. The number of aromatic nitrogens is 2. The molecule has 0 amide bonds. The van der Waals surface area contributed by atoms with E-state index in [-0.39, 0.29) is 5.69 Å². The van der Waals surface area contributed by atoms with Gasteiger partial charge in [0, 0.05) is 16.4 Å². The molecule has 15 heavy (non-hydrogen) atoms. The second-order valence-corrected chi connectivity index (χ2v) is 4.25. The molecule has 1 aromatic heterocycles. The lowest BCUT2D eigenvalue weighted by Crippen LogP contribution is -2.11. The zero-order valence-electron chi connectivity index (χ0n) is 8.38. The molecule has 0 saturated carbocycles. The van der Waals surface area contributed by atoms with E-state index in [1.54, 1.807) is 0 Å². The smallest absolute Gasteiger partial charge is 0.309 e. The molecule has 2 rings (SSSR count). The van der Waals surface area contributed by atoms with E-state index in [9.17, 15) is 4.79 Å². The first-order chi connectivity index (χ1) is 7.20. The maximum atomic E-state index is 11.1. The third kappa shape index (κ3) is 2.09. The minimum Gasteiger partial charge on any atom is -0.309 e. The standard InChI is InChI=1S/C11H11BrN2O/c1-7-9-6-8(4-5-12)2-3-10(9)14-11(15)13-7/h2-3,6H,4-5H2,1H3,(H,13,14,15). The lowest BCUT2D eigenvalue weighted by molar-refractivity contribution is 1.07. The Bertz CT molecular complexity index is 548. The van der Waals surface area contributed by atoms with Crippen molar-refractivity contribution in [2.24, 2.45) is 0 Å². The fourth-order valence-electron chi connectivity index (χ4n) is 1.61. The van der Waals surface area contributed by atoms with Crippen molar-refractivity contribution >= 4 is 26.8 Å². The van der Waals surface area contributed by atoms with Crippen molar-refractivity contribution in [3.63, 3.8) is 0 Å². The van der Waals surface area contributed by atoms with Crippen molar-refractivity contribution in [2.75, 3.05) is 5.33 Å². The SMILES string of the molecule is Cc1[nH]c(=O)nc2ccc(CCBr)cc12. The Balaban J connectivity index is 2.66. The number of H-pyrrole nitrogens is 1. The van der Waals surface area contributed by atoms with Crippen molar-refractivity contribution < 1.29 is 0 Å². The van der Waals surface area contributed by atoms with Crippen LogP contribution < -0.4 is 5.69 Å². The molecule has 0 bridgehead atoms. The van der Waals surface area contributed by atoms with Crippen molar-refractivity contribution in [3.05, 3.63) is 39.9 Å². The van der Waals surface area contributed by atoms with Gasteiger partial charge in [0.1, 0.15) is 0 Å². The highest BCUT2D eigenvalue weighted by molar-refractivity contribution is 9.09. The Morgan fingerprint density at radius 3 is 3.00 bits per heavy atom. The van der Waals surface area contributed by atoms with E-state index in [2.05, 4.69) is 32.0 Å². The first-order valence-electron chi connectivity index (χ1n) is 4.76. The number of fused-ring (bicyclic) bond motifs is 1. The molecule has 0 aliphatic heterocycles. The average molecular weight is 267 g/mol. The van der Waals surface area contributed by atoms with Gasteiger partial charge in [0.2, 0.25) is 0 Å². The molecular formula is C11H11BrN2O. The van der Waals surface area contributed by atoms with Crippen LogP contribution in [0.1, 0.15) is 11.3 Å². The number of nitrogens with zero attached hydrogens (tertiary/aromatic N) is 1. The zero-order chi connectivity index (χ0) is 10.8. The van der Waals surface area contributed by atoms with Gasteiger partial charge in [0.15, 0.2) is 0 Å². The van der Waals surface area contributed by atoms with E-state index in [1.807, 2.05) is 19.1 Å². The summed E-state index contributed by atoms with van der Waals surface area (Å²) in [5.74, 6) is 0. The Labute approximate surface area is 95.7 Å². The molecule has 0 aliphatic rings. The zero-order valence-corrected chi connectivity index (χ0v) is 9.97. The normalized spacial score (nSPS) is 10.8. The average Bonchev–Trinajstić information content (AvgIpc) is 2.19.